The van der Waals surface area contributed by atoms with Crippen LogP contribution >= 0.6 is 0 Å². The van der Waals surface area contributed by atoms with Gasteiger partial charge in [-0.3, -0.25) is 9.59 Å². The molecule has 0 spiro atoms. The van der Waals surface area contributed by atoms with Crippen LogP contribution in [0, 0.1) is 0 Å². The molecular formula is C10H19N3O5. The van der Waals surface area contributed by atoms with Gasteiger partial charge in [-0.05, 0) is 12.8 Å². The SMILES string of the molecule is NC(=O)COCCNC(=O)NCCCCC(=O)O. The maximum Gasteiger partial charge on any atom is 0.314 e. The maximum atomic E-state index is 11.2. The van der Waals surface area contributed by atoms with E-state index in [0.29, 0.717) is 19.4 Å². The van der Waals surface area contributed by atoms with Crippen LogP contribution in [0.3, 0.4) is 0 Å². The molecule has 0 unspecified atom stereocenters. The first-order chi connectivity index (χ1) is 8.52. The van der Waals surface area contributed by atoms with E-state index in [-0.39, 0.29) is 32.2 Å². The largest absolute Gasteiger partial charge is 0.481 e. The monoisotopic (exact) mass is 261 g/mol. The molecule has 0 aromatic rings. The number of unbranched alkanes of at least 4 members (excludes halogenated alkanes) is 1. The smallest absolute Gasteiger partial charge is 0.314 e. The fourth-order valence-electron chi connectivity index (χ4n) is 1.08. The van der Waals surface area contributed by atoms with Crippen LogP contribution < -0.4 is 16.4 Å². The molecule has 0 aromatic heterocycles. The lowest BCUT2D eigenvalue weighted by molar-refractivity contribution is -0.137. The predicted molar refractivity (Wildman–Crippen MR) is 62.9 cm³/mol. The number of hydrogen-bond acceptors (Lipinski definition) is 4. The molecule has 0 aliphatic heterocycles. The summed E-state index contributed by atoms with van der Waals surface area (Å²) < 4.78 is 4.83. The van der Waals surface area contributed by atoms with Crippen LogP contribution in [0.4, 0.5) is 4.79 Å². The molecule has 0 aromatic carbocycles. The molecular weight excluding hydrogens is 242 g/mol. The van der Waals surface area contributed by atoms with Crippen molar-refractivity contribution >= 4 is 17.9 Å². The van der Waals surface area contributed by atoms with Crippen molar-refractivity contribution in [2.75, 3.05) is 26.3 Å². The van der Waals surface area contributed by atoms with E-state index in [1.165, 1.54) is 0 Å². The molecule has 0 heterocycles. The van der Waals surface area contributed by atoms with Crippen molar-refractivity contribution in [2.24, 2.45) is 5.73 Å². The average Bonchev–Trinajstić information content (AvgIpc) is 2.27. The fraction of sp³-hybridized carbons (Fsp3) is 0.700. The molecule has 5 N–H and O–H groups in total. The van der Waals surface area contributed by atoms with Crippen molar-refractivity contribution < 1.29 is 24.2 Å². The van der Waals surface area contributed by atoms with Gasteiger partial charge in [-0.1, -0.05) is 0 Å². The second kappa shape index (κ2) is 10.3. The first-order valence-corrected chi connectivity index (χ1v) is 5.62. The number of carboxylic acid groups (broad SMARTS) is 1. The van der Waals surface area contributed by atoms with Crippen LogP contribution in [0.25, 0.3) is 0 Å². The molecule has 8 heteroatoms. The minimum atomic E-state index is -0.842. The van der Waals surface area contributed by atoms with Gasteiger partial charge in [-0.2, -0.15) is 0 Å². The van der Waals surface area contributed by atoms with Gasteiger partial charge in [0.15, 0.2) is 0 Å². The highest BCUT2D eigenvalue weighted by Crippen LogP contribution is 1.92. The maximum absolute atomic E-state index is 11.2. The highest BCUT2D eigenvalue weighted by molar-refractivity contribution is 5.75. The summed E-state index contributed by atoms with van der Waals surface area (Å²) in [5.74, 6) is -1.40. The number of hydrogen-bond donors (Lipinski definition) is 4. The molecule has 0 fully saturated rings. The van der Waals surface area contributed by atoms with Crippen molar-refractivity contribution in [3.05, 3.63) is 0 Å². The van der Waals surface area contributed by atoms with E-state index in [0.717, 1.165) is 0 Å². The quantitative estimate of drug-likeness (QED) is 0.376. The molecule has 18 heavy (non-hydrogen) atoms. The van der Waals surface area contributed by atoms with Gasteiger partial charge in [0.05, 0.1) is 6.61 Å². The normalized spacial score (nSPS) is 9.78. The van der Waals surface area contributed by atoms with Gasteiger partial charge in [-0.15, -0.1) is 0 Å². The zero-order valence-electron chi connectivity index (χ0n) is 10.1. The highest BCUT2D eigenvalue weighted by atomic mass is 16.5. The van der Waals surface area contributed by atoms with E-state index >= 15 is 0 Å². The van der Waals surface area contributed by atoms with E-state index in [9.17, 15) is 14.4 Å². The Balaban J connectivity index is 3.27. The molecule has 0 atom stereocenters. The number of carbonyl (C=O) groups is 3. The summed E-state index contributed by atoms with van der Waals surface area (Å²) in [6, 6.07) is -0.354. The third-order valence-corrected chi connectivity index (χ3v) is 1.88. The number of ether oxygens (including phenoxy) is 1. The second-order valence-electron chi connectivity index (χ2n) is 3.55. The van der Waals surface area contributed by atoms with Crippen LogP contribution in [-0.2, 0) is 14.3 Å². The summed E-state index contributed by atoms with van der Waals surface area (Å²) in [5.41, 5.74) is 4.84. The van der Waals surface area contributed by atoms with E-state index in [1.54, 1.807) is 0 Å². The standard InChI is InChI=1S/C10H19N3O5/c11-8(14)7-18-6-5-13-10(17)12-4-2-1-3-9(15)16/h1-7H2,(H2,11,14)(H,15,16)(H2,12,13,17). The molecule has 0 saturated heterocycles. The summed E-state index contributed by atoms with van der Waals surface area (Å²) >= 11 is 0. The Morgan fingerprint density at radius 1 is 1.11 bits per heavy atom. The number of nitrogens with one attached hydrogen (secondary N) is 2. The number of amides is 3. The number of aliphatic carboxylic acids is 1. The van der Waals surface area contributed by atoms with Crippen LogP contribution in [0.5, 0.6) is 0 Å². The van der Waals surface area contributed by atoms with E-state index < -0.39 is 11.9 Å². The Morgan fingerprint density at radius 3 is 2.39 bits per heavy atom. The number of urea groups is 1. The van der Waals surface area contributed by atoms with Crippen molar-refractivity contribution in [3.8, 4) is 0 Å². The lowest BCUT2D eigenvalue weighted by Gasteiger charge is -2.07. The van der Waals surface area contributed by atoms with Gasteiger partial charge in [0, 0.05) is 19.5 Å². The lowest BCUT2D eigenvalue weighted by Crippen LogP contribution is -2.38. The highest BCUT2D eigenvalue weighted by Gasteiger charge is 2.00. The third kappa shape index (κ3) is 12.2. The van der Waals surface area contributed by atoms with Gasteiger partial charge >= 0.3 is 12.0 Å². The van der Waals surface area contributed by atoms with E-state index in [1.807, 2.05) is 0 Å². The topological polar surface area (TPSA) is 131 Å². The molecule has 0 aliphatic rings. The molecule has 0 rings (SSSR count). The molecule has 0 aliphatic carbocycles. The van der Waals surface area contributed by atoms with Crippen molar-refractivity contribution in [1.29, 1.82) is 0 Å². The summed E-state index contributed by atoms with van der Waals surface area (Å²) in [5, 5.41) is 13.5. The van der Waals surface area contributed by atoms with Gasteiger partial charge in [0.2, 0.25) is 5.91 Å². The number of primary amides is 1. The minimum absolute atomic E-state index is 0.101. The van der Waals surface area contributed by atoms with Crippen LogP contribution in [0.1, 0.15) is 19.3 Å². The Labute approximate surface area is 105 Å². The zero-order chi connectivity index (χ0) is 13.8. The summed E-state index contributed by atoms with van der Waals surface area (Å²) in [7, 11) is 0. The summed E-state index contributed by atoms with van der Waals surface area (Å²) in [4.78, 5) is 31.7. The van der Waals surface area contributed by atoms with Crippen molar-refractivity contribution in [3.63, 3.8) is 0 Å². The molecule has 0 saturated carbocycles. The van der Waals surface area contributed by atoms with Crippen LogP contribution in [0.15, 0.2) is 0 Å². The van der Waals surface area contributed by atoms with Crippen LogP contribution in [0.2, 0.25) is 0 Å². The van der Waals surface area contributed by atoms with Gasteiger partial charge in [-0.25, -0.2) is 4.79 Å². The Morgan fingerprint density at radius 2 is 1.78 bits per heavy atom. The molecule has 0 radical (unpaired) electrons. The number of rotatable bonds is 10. The van der Waals surface area contributed by atoms with Crippen molar-refractivity contribution in [1.82, 2.24) is 10.6 Å². The van der Waals surface area contributed by atoms with Crippen molar-refractivity contribution in [2.45, 2.75) is 19.3 Å². The molecule has 8 nitrogen and oxygen atoms in total. The Kier molecular flexibility index (Phi) is 9.28. The Hall–Kier alpha value is -1.83. The van der Waals surface area contributed by atoms with Gasteiger partial charge in [0.1, 0.15) is 6.61 Å². The lowest BCUT2D eigenvalue weighted by atomic mass is 10.2. The predicted octanol–water partition coefficient (Wildman–Crippen LogP) is -0.958. The van der Waals surface area contributed by atoms with E-state index in [2.05, 4.69) is 10.6 Å². The van der Waals surface area contributed by atoms with E-state index in [4.69, 9.17) is 15.6 Å². The second-order valence-corrected chi connectivity index (χ2v) is 3.55. The first-order valence-electron chi connectivity index (χ1n) is 5.62. The fourth-order valence-corrected chi connectivity index (χ4v) is 1.08. The van der Waals surface area contributed by atoms with Gasteiger partial charge < -0.3 is 26.2 Å². The zero-order valence-corrected chi connectivity index (χ0v) is 10.1. The third-order valence-electron chi connectivity index (χ3n) is 1.88. The minimum Gasteiger partial charge on any atom is -0.481 e. The first kappa shape index (κ1) is 16.2. The van der Waals surface area contributed by atoms with Crippen LogP contribution in [-0.4, -0.2) is 49.3 Å². The number of carbonyl (C=O) groups excluding carboxylic acids is 2. The molecule has 104 valence electrons. The number of nitrogens with two attached hydrogens (primary N) is 1. The molecule has 3 amide bonds. The van der Waals surface area contributed by atoms with Gasteiger partial charge in [0.25, 0.3) is 0 Å². The number of carboxylic acids is 1. The summed E-state index contributed by atoms with van der Waals surface area (Å²) in [6.45, 7) is 0.726. The average molecular weight is 261 g/mol. The Bertz CT molecular complexity index is 257. The molecule has 0 bridgehead atoms. The summed E-state index contributed by atoms with van der Waals surface area (Å²) in [6.07, 6.45) is 1.24.